The molecule has 0 amide bonds. The Morgan fingerprint density at radius 2 is 2.00 bits per heavy atom. The van der Waals surface area contributed by atoms with E-state index in [1.807, 2.05) is 7.11 Å². The first-order chi connectivity index (χ1) is 8.51. The third kappa shape index (κ3) is 2.76. The lowest BCUT2D eigenvalue weighted by molar-refractivity contribution is -0.0668. The van der Waals surface area contributed by atoms with E-state index in [4.69, 9.17) is 15.5 Å². The Morgan fingerprint density at radius 1 is 1.33 bits per heavy atom. The number of hydrogen-bond donors (Lipinski definition) is 1. The minimum absolute atomic E-state index is 0.146. The monoisotopic (exact) mass is 268 g/mol. The van der Waals surface area contributed by atoms with E-state index < -0.39 is 0 Å². The van der Waals surface area contributed by atoms with Gasteiger partial charge in [0.25, 0.3) is 0 Å². The number of aromatic nitrogens is 1. The predicted octanol–water partition coefficient (Wildman–Crippen LogP) is 3.09. The molecule has 1 aromatic heterocycles. The second kappa shape index (κ2) is 5.27. The van der Waals surface area contributed by atoms with E-state index in [1.54, 1.807) is 11.3 Å². The highest BCUT2D eigenvalue weighted by molar-refractivity contribution is 7.09. The molecule has 0 unspecified atom stereocenters. The van der Waals surface area contributed by atoms with Gasteiger partial charge in [-0.3, -0.25) is 0 Å². The summed E-state index contributed by atoms with van der Waals surface area (Å²) in [7, 11) is 1.82. The van der Waals surface area contributed by atoms with Gasteiger partial charge in [-0.15, -0.1) is 11.3 Å². The Kier molecular flexibility index (Phi) is 4.09. The molecule has 2 N–H and O–H groups in total. The van der Waals surface area contributed by atoms with Crippen LogP contribution in [0.2, 0.25) is 0 Å². The molecule has 2 rings (SSSR count). The number of ether oxygens (including phenoxy) is 1. The summed E-state index contributed by atoms with van der Waals surface area (Å²) in [6.45, 7) is 5.35. The van der Waals surface area contributed by atoms with Crippen molar-refractivity contribution in [2.75, 3.05) is 13.7 Å². The highest BCUT2D eigenvalue weighted by Crippen LogP contribution is 2.47. The van der Waals surface area contributed by atoms with Gasteiger partial charge in [-0.2, -0.15) is 0 Å². The Balaban J connectivity index is 2.17. The summed E-state index contributed by atoms with van der Waals surface area (Å²) in [6, 6.07) is 0. The second-order valence-electron chi connectivity index (χ2n) is 6.05. The van der Waals surface area contributed by atoms with Gasteiger partial charge < -0.3 is 10.5 Å². The lowest BCUT2D eigenvalue weighted by Gasteiger charge is -2.41. The van der Waals surface area contributed by atoms with Gasteiger partial charge in [-0.05, 0) is 37.6 Å². The smallest absolute Gasteiger partial charge is 0.125 e. The van der Waals surface area contributed by atoms with E-state index in [1.165, 1.54) is 12.8 Å². The maximum Gasteiger partial charge on any atom is 0.125 e. The maximum atomic E-state index is 5.87. The van der Waals surface area contributed by atoms with Gasteiger partial charge in [0.15, 0.2) is 0 Å². The van der Waals surface area contributed by atoms with Crippen LogP contribution in [0, 0.1) is 5.41 Å². The summed E-state index contributed by atoms with van der Waals surface area (Å²) in [5.74, 6) is 0. The summed E-state index contributed by atoms with van der Waals surface area (Å²) in [5, 5.41) is 3.27. The Hall–Kier alpha value is -0.450. The number of nitrogens with zero attached hydrogens (tertiary/aromatic N) is 1. The molecule has 0 atom stereocenters. The molecule has 0 saturated heterocycles. The van der Waals surface area contributed by atoms with Crippen LogP contribution in [-0.4, -0.2) is 18.6 Å². The lowest BCUT2D eigenvalue weighted by atomic mass is 9.71. The fourth-order valence-corrected chi connectivity index (χ4v) is 3.71. The quantitative estimate of drug-likeness (QED) is 0.913. The van der Waals surface area contributed by atoms with Crippen molar-refractivity contribution < 1.29 is 4.74 Å². The maximum absolute atomic E-state index is 5.87. The standard InChI is InChI=1S/C14H24N2OS/c1-13(2)5-7-14(17-3,8-6-13)12-16-11(4-9-15)10-18-12/h10H,4-9,15H2,1-3H3. The first-order valence-corrected chi connectivity index (χ1v) is 7.59. The number of thiazole rings is 1. The van der Waals surface area contributed by atoms with Crippen molar-refractivity contribution in [1.82, 2.24) is 4.98 Å². The molecule has 3 nitrogen and oxygen atoms in total. The molecule has 1 fully saturated rings. The summed E-state index contributed by atoms with van der Waals surface area (Å²) in [4.78, 5) is 4.73. The Labute approximate surface area is 114 Å². The van der Waals surface area contributed by atoms with Gasteiger partial charge >= 0.3 is 0 Å². The Morgan fingerprint density at radius 3 is 2.56 bits per heavy atom. The zero-order valence-electron chi connectivity index (χ0n) is 11.7. The van der Waals surface area contributed by atoms with Crippen molar-refractivity contribution in [2.45, 2.75) is 51.6 Å². The average molecular weight is 268 g/mol. The van der Waals surface area contributed by atoms with E-state index in [2.05, 4.69) is 19.2 Å². The van der Waals surface area contributed by atoms with Crippen molar-refractivity contribution in [1.29, 1.82) is 0 Å². The zero-order chi connectivity index (χ0) is 13.2. The topological polar surface area (TPSA) is 48.1 Å². The lowest BCUT2D eigenvalue weighted by Crippen LogP contribution is -2.36. The first-order valence-electron chi connectivity index (χ1n) is 6.71. The number of methoxy groups -OCH3 is 1. The van der Waals surface area contributed by atoms with Crippen LogP contribution in [-0.2, 0) is 16.8 Å². The van der Waals surface area contributed by atoms with Gasteiger partial charge in [0.2, 0.25) is 0 Å². The van der Waals surface area contributed by atoms with Gasteiger partial charge in [0.05, 0.1) is 5.69 Å². The molecule has 0 aliphatic heterocycles. The molecule has 1 saturated carbocycles. The van der Waals surface area contributed by atoms with Crippen LogP contribution in [0.25, 0.3) is 0 Å². The molecule has 0 bridgehead atoms. The fraction of sp³-hybridized carbons (Fsp3) is 0.786. The highest BCUT2D eigenvalue weighted by atomic mass is 32.1. The van der Waals surface area contributed by atoms with E-state index in [0.717, 1.165) is 30.0 Å². The van der Waals surface area contributed by atoms with Crippen LogP contribution >= 0.6 is 11.3 Å². The molecule has 0 aromatic carbocycles. The summed E-state index contributed by atoms with van der Waals surface area (Å²) in [6.07, 6.45) is 5.42. The number of nitrogens with two attached hydrogens (primary N) is 1. The highest BCUT2D eigenvalue weighted by Gasteiger charge is 2.41. The van der Waals surface area contributed by atoms with E-state index in [9.17, 15) is 0 Å². The minimum Gasteiger partial charge on any atom is -0.371 e. The van der Waals surface area contributed by atoms with Crippen LogP contribution in [0.4, 0.5) is 0 Å². The summed E-state index contributed by atoms with van der Waals surface area (Å²) in [5.41, 5.74) is 6.99. The minimum atomic E-state index is -0.146. The summed E-state index contributed by atoms with van der Waals surface area (Å²) >= 11 is 1.73. The van der Waals surface area contributed by atoms with E-state index >= 15 is 0 Å². The van der Waals surface area contributed by atoms with Gasteiger partial charge in [-0.25, -0.2) is 4.98 Å². The van der Waals surface area contributed by atoms with E-state index in [0.29, 0.717) is 12.0 Å². The molecular weight excluding hydrogens is 244 g/mol. The zero-order valence-corrected chi connectivity index (χ0v) is 12.5. The van der Waals surface area contributed by atoms with Gasteiger partial charge in [0.1, 0.15) is 10.6 Å². The van der Waals surface area contributed by atoms with Crippen molar-refractivity contribution >= 4 is 11.3 Å². The van der Waals surface area contributed by atoms with Crippen LogP contribution in [0.3, 0.4) is 0 Å². The molecule has 1 aromatic rings. The van der Waals surface area contributed by atoms with Crippen LogP contribution in [0.1, 0.15) is 50.2 Å². The number of rotatable bonds is 4. The second-order valence-corrected chi connectivity index (χ2v) is 6.90. The molecule has 1 aliphatic rings. The normalized spacial score (nSPS) is 22.0. The molecule has 1 aliphatic carbocycles. The average Bonchev–Trinajstić information content (AvgIpc) is 2.80. The predicted molar refractivity (Wildman–Crippen MR) is 75.8 cm³/mol. The van der Waals surface area contributed by atoms with Crippen molar-refractivity contribution in [2.24, 2.45) is 11.1 Å². The molecule has 0 radical (unpaired) electrons. The van der Waals surface area contributed by atoms with Gasteiger partial charge in [-0.1, -0.05) is 13.8 Å². The SMILES string of the molecule is COC1(c2nc(CCN)cs2)CCC(C)(C)CC1. The third-order valence-electron chi connectivity index (χ3n) is 4.14. The van der Waals surface area contributed by atoms with Crippen LogP contribution < -0.4 is 5.73 Å². The van der Waals surface area contributed by atoms with Crippen molar-refractivity contribution in [3.63, 3.8) is 0 Å². The molecule has 4 heteroatoms. The first kappa shape index (κ1) is 14.0. The van der Waals surface area contributed by atoms with E-state index in [-0.39, 0.29) is 5.60 Å². The largest absolute Gasteiger partial charge is 0.371 e. The molecular formula is C14H24N2OS. The Bertz CT molecular complexity index is 390. The number of hydrogen-bond acceptors (Lipinski definition) is 4. The van der Waals surface area contributed by atoms with Crippen molar-refractivity contribution in [3.8, 4) is 0 Å². The summed E-state index contributed by atoms with van der Waals surface area (Å²) < 4.78 is 5.87. The van der Waals surface area contributed by atoms with Crippen LogP contribution in [0.15, 0.2) is 5.38 Å². The molecule has 0 spiro atoms. The van der Waals surface area contributed by atoms with Gasteiger partial charge in [0, 0.05) is 18.9 Å². The van der Waals surface area contributed by atoms with Crippen molar-refractivity contribution in [3.05, 3.63) is 16.1 Å². The molecule has 102 valence electrons. The molecule has 18 heavy (non-hydrogen) atoms. The fourth-order valence-electron chi connectivity index (χ4n) is 2.61. The molecule has 1 heterocycles. The third-order valence-corrected chi connectivity index (χ3v) is 5.22. The van der Waals surface area contributed by atoms with Crippen LogP contribution in [0.5, 0.6) is 0 Å².